The maximum absolute atomic E-state index is 14.0. The van der Waals surface area contributed by atoms with E-state index in [4.69, 9.17) is 0 Å². The van der Waals surface area contributed by atoms with E-state index in [-0.39, 0.29) is 5.91 Å². The molecule has 0 radical (unpaired) electrons. The summed E-state index contributed by atoms with van der Waals surface area (Å²) in [6.07, 6.45) is 1.22. The van der Waals surface area contributed by atoms with Crippen molar-refractivity contribution in [2.45, 2.75) is 13.3 Å². The zero-order valence-corrected chi connectivity index (χ0v) is 14.9. The monoisotopic (exact) mass is 341 g/mol. The second kappa shape index (κ2) is 7.13. The predicted molar refractivity (Wildman–Crippen MR) is 101 cm³/mol. The number of carbonyl (C=O) groups excluding carboxylic acids is 1. The summed E-state index contributed by atoms with van der Waals surface area (Å²) in [5.74, 6) is 0.00214. The largest absolute Gasteiger partial charge is 0.375 e. The van der Waals surface area contributed by atoms with E-state index in [1.165, 1.54) is 18.2 Å². The van der Waals surface area contributed by atoms with E-state index in [1.54, 1.807) is 31.1 Å². The molecule has 132 valence electrons. The highest BCUT2D eigenvalue weighted by Gasteiger charge is 2.18. The zero-order valence-electron chi connectivity index (χ0n) is 14.9. The Morgan fingerprint density at radius 1 is 1.20 bits per heavy atom. The van der Waals surface area contributed by atoms with E-state index in [2.05, 4.69) is 17.1 Å². The molecule has 0 aromatic heterocycles. The topological polar surface area (TPSA) is 35.6 Å². The Balaban J connectivity index is 1.67. The quantitative estimate of drug-likeness (QED) is 0.913. The molecule has 0 aliphatic carbocycles. The van der Waals surface area contributed by atoms with Crippen molar-refractivity contribution in [1.82, 2.24) is 0 Å². The lowest BCUT2D eigenvalue weighted by Gasteiger charge is -2.18. The van der Waals surface area contributed by atoms with Gasteiger partial charge in [-0.15, -0.1) is 0 Å². The van der Waals surface area contributed by atoms with E-state index in [9.17, 15) is 9.18 Å². The van der Waals surface area contributed by atoms with Crippen LogP contribution in [0.15, 0.2) is 42.5 Å². The molecule has 1 aliphatic heterocycles. The molecular formula is C20H24FN3O. The van der Waals surface area contributed by atoms with E-state index in [0.29, 0.717) is 16.9 Å². The summed E-state index contributed by atoms with van der Waals surface area (Å²) in [6.45, 7) is 4.41. The molecule has 1 aliphatic rings. The number of nitrogens with one attached hydrogen (secondary N) is 1. The van der Waals surface area contributed by atoms with Gasteiger partial charge in [-0.3, -0.25) is 4.79 Å². The van der Waals surface area contributed by atoms with Crippen LogP contribution in [-0.2, 0) is 0 Å². The van der Waals surface area contributed by atoms with E-state index < -0.39 is 5.82 Å². The van der Waals surface area contributed by atoms with Gasteiger partial charge in [0.1, 0.15) is 5.82 Å². The van der Waals surface area contributed by atoms with E-state index >= 15 is 0 Å². The Labute approximate surface area is 148 Å². The first-order valence-electron chi connectivity index (χ1n) is 8.57. The Morgan fingerprint density at radius 3 is 2.48 bits per heavy atom. The molecule has 1 unspecified atom stereocenters. The minimum atomic E-state index is -0.406. The molecule has 5 heteroatoms. The first-order valence-corrected chi connectivity index (χ1v) is 8.57. The van der Waals surface area contributed by atoms with Gasteiger partial charge in [-0.05, 0) is 54.8 Å². The first-order chi connectivity index (χ1) is 11.9. The third-order valence-electron chi connectivity index (χ3n) is 4.61. The van der Waals surface area contributed by atoms with Crippen molar-refractivity contribution in [2.75, 3.05) is 42.3 Å². The molecular weight excluding hydrogens is 317 g/mol. The summed E-state index contributed by atoms with van der Waals surface area (Å²) in [5, 5.41) is 2.82. The Morgan fingerprint density at radius 2 is 1.92 bits per heavy atom. The molecule has 4 nitrogen and oxygen atoms in total. The molecule has 1 amide bonds. The maximum atomic E-state index is 14.0. The van der Waals surface area contributed by atoms with Gasteiger partial charge in [0.25, 0.3) is 5.91 Å². The second-order valence-corrected chi connectivity index (χ2v) is 6.90. The molecule has 1 N–H and O–H groups in total. The molecule has 3 rings (SSSR count). The van der Waals surface area contributed by atoms with Crippen molar-refractivity contribution in [2.24, 2.45) is 5.92 Å². The van der Waals surface area contributed by atoms with Crippen molar-refractivity contribution in [3.63, 3.8) is 0 Å². The van der Waals surface area contributed by atoms with Crippen LogP contribution in [0.4, 0.5) is 21.5 Å². The number of rotatable bonds is 4. The summed E-state index contributed by atoms with van der Waals surface area (Å²) < 4.78 is 14.0. The fraction of sp³-hybridized carbons (Fsp3) is 0.350. The van der Waals surface area contributed by atoms with E-state index in [1.807, 2.05) is 24.3 Å². The molecule has 25 heavy (non-hydrogen) atoms. The lowest BCUT2D eigenvalue weighted by atomic mass is 10.1. The molecule has 1 fully saturated rings. The summed E-state index contributed by atoms with van der Waals surface area (Å²) in [5.41, 5.74) is 2.64. The van der Waals surface area contributed by atoms with Crippen LogP contribution in [0.25, 0.3) is 0 Å². The van der Waals surface area contributed by atoms with Crippen LogP contribution in [0.5, 0.6) is 0 Å². The van der Waals surface area contributed by atoms with Gasteiger partial charge < -0.3 is 15.1 Å². The molecule has 1 atom stereocenters. The van der Waals surface area contributed by atoms with Gasteiger partial charge in [0.15, 0.2) is 0 Å². The van der Waals surface area contributed by atoms with Crippen molar-refractivity contribution in [1.29, 1.82) is 0 Å². The van der Waals surface area contributed by atoms with Gasteiger partial charge in [-0.1, -0.05) is 6.92 Å². The van der Waals surface area contributed by atoms with Crippen molar-refractivity contribution >= 4 is 23.0 Å². The molecule has 0 bridgehead atoms. The van der Waals surface area contributed by atoms with E-state index in [0.717, 1.165) is 19.0 Å². The van der Waals surface area contributed by atoms with Gasteiger partial charge in [0.05, 0.1) is 5.69 Å². The van der Waals surface area contributed by atoms with Crippen LogP contribution in [0.2, 0.25) is 0 Å². The van der Waals surface area contributed by atoms with Crippen LogP contribution in [0, 0.1) is 11.7 Å². The molecule has 0 spiro atoms. The number of nitrogens with zero attached hydrogens (tertiary/aromatic N) is 2. The predicted octanol–water partition coefficient (Wildman–Crippen LogP) is 3.99. The van der Waals surface area contributed by atoms with Gasteiger partial charge in [0, 0.05) is 44.1 Å². The Bertz CT molecular complexity index is 758. The Kier molecular flexibility index (Phi) is 4.93. The third-order valence-corrected chi connectivity index (χ3v) is 4.61. The summed E-state index contributed by atoms with van der Waals surface area (Å²) in [4.78, 5) is 16.4. The number of carbonyl (C=O) groups is 1. The van der Waals surface area contributed by atoms with Crippen LogP contribution in [-0.4, -0.2) is 33.1 Å². The smallest absolute Gasteiger partial charge is 0.255 e. The van der Waals surface area contributed by atoms with Gasteiger partial charge in [-0.25, -0.2) is 4.39 Å². The summed E-state index contributed by atoms with van der Waals surface area (Å²) in [6, 6.07) is 12.3. The van der Waals surface area contributed by atoms with Gasteiger partial charge >= 0.3 is 0 Å². The van der Waals surface area contributed by atoms with Crippen LogP contribution >= 0.6 is 0 Å². The number of amides is 1. The zero-order chi connectivity index (χ0) is 18.0. The SMILES string of the molecule is CC1CCN(c2ccc(NC(=O)c3ccc(N(C)C)c(F)c3)cc2)C1. The van der Waals surface area contributed by atoms with Gasteiger partial charge in [0.2, 0.25) is 0 Å². The normalized spacial score (nSPS) is 16.8. The number of hydrogen-bond donors (Lipinski definition) is 1. The number of benzene rings is 2. The fourth-order valence-electron chi connectivity index (χ4n) is 3.14. The van der Waals surface area contributed by atoms with Crippen molar-refractivity contribution < 1.29 is 9.18 Å². The molecule has 1 saturated heterocycles. The summed E-state index contributed by atoms with van der Waals surface area (Å²) >= 11 is 0. The number of halogens is 1. The number of hydrogen-bond acceptors (Lipinski definition) is 3. The fourth-order valence-corrected chi connectivity index (χ4v) is 3.14. The van der Waals surface area contributed by atoms with Crippen LogP contribution in [0.1, 0.15) is 23.7 Å². The standard InChI is InChI=1S/C20H24FN3O/c1-14-10-11-24(13-14)17-7-5-16(6-8-17)22-20(25)15-4-9-19(23(2)3)18(21)12-15/h4-9,12,14H,10-11,13H2,1-3H3,(H,22,25). The van der Waals surface area contributed by atoms with Crippen molar-refractivity contribution in [3.8, 4) is 0 Å². The minimum Gasteiger partial charge on any atom is -0.375 e. The van der Waals surface area contributed by atoms with Crippen LogP contribution in [0.3, 0.4) is 0 Å². The highest BCUT2D eigenvalue weighted by molar-refractivity contribution is 6.04. The molecule has 0 saturated carbocycles. The highest BCUT2D eigenvalue weighted by Crippen LogP contribution is 2.25. The second-order valence-electron chi connectivity index (χ2n) is 6.90. The molecule has 1 heterocycles. The minimum absolute atomic E-state index is 0.306. The van der Waals surface area contributed by atoms with Crippen LogP contribution < -0.4 is 15.1 Å². The lowest BCUT2D eigenvalue weighted by molar-refractivity contribution is 0.102. The van der Waals surface area contributed by atoms with Crippen molar-refractivity contribution in [3.05, 3.63) is 53.8 Å². The molecule has 2 aromatic rings. The third kappa shape index (κ3) is 3.92. The lowest BCUT2D eigenvalue weighted by Crippen LogP contribution is -2.19. The summed E-state index contributed by atoms with van der Waals surface area (Å²) in [7, 11) is 3.53. The Hall–Kier alpha value is -2.56. The number of anilines is 3. The maximum Gasteiger partial charge on any atom is 0.255 e. The highest BCUT2D eigenvalue weighted by atomic mass is 19.1. The average Bonchev–Trinajstić information content (AvgIpc) is 3.01. The first kappa shape index (κ1) is 17.3. The van der Waals surface area contributed by atoms with Gasteiger partial charge in [-0.2, -0.15) is 0 Å². The average molecular weight is 341 g/mol. The molecule has 2 aromatic carbocycles.